The molecule has 0 N–H and O–H groups in total. The molecule has 0 amide bonds. The fourth-order valence-electron chi connectivity index (χ4n) is 1.34. The van der Waals surface area contributed by atoms with Gasteiger partial charge < -0.3 is 9.47 Å². The lowest BCUT2D eigenvalue weighted by atomic mass is 10.0. The minimum atomic E-state index is -0.0606. The predicted octanol–water partition coefficient (Wildman–Crippen LogP) is 0.974. The van der Waals surface area contributed by atoms with E-state index in [0.717, 1.165) is 12.8 Å². The molecule has 1 aliphatic heterocycles. The molecule has 0 spiro atoms. The van der Waals surface area contributed by atoms with Crippen molar-refractivity contribution in [3.05, 3.63) is 0 Å². The fourth-order valence-corrected chi connectivity index (χ4v) is 1.34. The molecule has 0 aromatic heterocycles. The molecule has 0 aromatic carbocycles. The number of methoxy groups -OCH3 is 1. The number of rotatable bonds is 3. The summed E-state index contributed by atoms with van der Waals surface area (Å²) >= 11 is 0. The van der Waals surface area contributed by atoms with Crippen LogP contribution in [-0.4, -0.2) is 25.8 Å². The summed E-state index contributed by atoms with van der Waals surface area (Å²) in [6, 6.07) is 0. The van der Waals surface area contributed by atoms with E-state index in [2.05, 4.69) is 0 Å². The van der Waals surface area contributed by atoms with E-state index in [1.54, 1.807) is 7.11 Å². The van der Waals surface area contributed by atoms with Gasteiger partial charge in [0.05, 0.1) is 12.0 Å². The first-order valence-corrected chi connectivity index (χ1v) is 3.93. The Kier molecular flexibility index (Phi) is 2.88. The van der Waals surface area contributed by atoms with E-state index in [-0.39, 0.29) is 18.0 Å². The van der Waals surface area contributed by atoms with Crippen LogP contribution in [-0.2, 0) is 14.3 Å². The Bertz CT molecular complexity index is 144. The molecule has 1 heterocycles. The lowest BCUT2D eigenvalue weighted by Gasteiger charge is -2.02. The summed E-state index contributed by atoms with van der Waals surface area (Å²) in [7, 11) is 1.64. The Morgan fingerprint density at radius 2 is 2.45 bits per heavy atom. The predicted molar refractivity (Wildman–Crippen MR) is 40.2 cm³/mol. The molecule has 11 heavy (non-hydrogen) atoms. The van der Waals surface area contributed by atoms with Gasteiger partial charge in [-0.2, -0.15) is 0 Å². The van der Waals surface area contributed by atoms with E-state index < -0.39 is 0 Å². The van der Waals surface area contributed by atoms with Crippen LogP contribution in [0.5, 0.6) is 0 Å². The van der Waals surface area contributed by atoms with E-state index >= 15 is 0 Å². The quantitative estimate of drug-likeness (QED) is 0.574. The SMILES string of the molecule is COCC[C@H]1C[C@@H](C)OC1=O. The van der Waals surface area contributed by atoms with Gasteiger partial charge in [-0.25, -0.2) is 0 Å². The molecule has 1 aliphatic rings. The van der Waals surface area contributed by atoms with Crippen LogP contribution in [0.4, 0.5) is 0 Å². The van der Waals surface area contributed by atoms with Gasteiger partial charge in [-0.3, -0.25) is 4.79 Å². The molecule has 0 radical (unpaired) electrons. The van der Waals surface area contributed by atoms with Gasteiger partial charge >= 0.3 is 5.97 Å². The molecule has 1 saturated heterocycles. The zero-order chi connectivity index (χ0) is 8.27. The maximum atomic E-state index is 11.0. The van der Waals surface area contributed by atoms with Crippen molar-refractivity contribution < 1.29 is 14.3 Å². The van der Waals surface area contributed by atoms with Crippen LogP contribution in [0.25, 0.3) is 0 Å². The van der Waals surface area contributed by atoms with Gasteiger partial charge in [0.25, 0.3) is 0 Å². The van der Waals surface area contributed by atoms with Crippen molar-refractivity contribution in [3.8, 4) is 0 Å². The largest absolute Gasteiger partial charge is 0.462 e. The summed E-state index contributed by atoms with van der Waals surface area (Å²) < 4.78 is 9.86. The average molecular weight is 158 g/mol. The molecule has 0 unspecified atom stereocenters. The summed E-state index contributed by atoms with van der Waals surface area (Å²) in [5, 5.41) is 0. The van der Waals surface area contributed by atoms with Gasteiger partial charge in [-0.05, 0) is 19.8 Å². The second kappa shape index (κ2) is 3.72. The van der Waals surface area contributed by atoms with Crippen LogP contribution in [0.15, 0.2) is 0 Å². The second-order valence-electron chi connectivity index (χ2n) is 2.96. The second-order valence-corrected chi connectivity index (χ2v) is 2.96. The molecule has 1 rings (SSSR count). The Balaban J connectivity index is 2.29. The molecule has 2 atom stereocenters. The number of ether oxygens (including phenoxy) is 2. The van der Waals surface area contributed by atoms with E-state index in [1.807, 2.05) is 6.92 Å². The monoisotopic (exact) mass is 158 g/mol. The van der Waals surface area contributed by atoms with Crippen LogP contribution in [0, 0.1) is 5.92 Å². The molecular formula is C8H14O3. The minimum absolute atomic E-state index is 0.0606. The van der Waals surface area contributed by atoms with Gasteiger partial charge in [0.2, 0.25) is 0 Å². The first-order chi connectivity index (χ1) is 5.24. The standard InChI is InChI=1S/C8H14O3/c1-6-5-7(3-4-10-2)8(9)11-6/h6-7H,3-5H2,1-2H3/t6-,7+/m1/s1. The lowest BCUT2D eigenvalue weighted by molar-refractivity contribution is -0.144. The third kappa shape index (κ3) is 2.19. The Morgan fingerprint density at radius 3 is 2.91 bits per heavy atom. The van der Waals surface area contributed by atoms with Crippen molar-refractivity contribution in [2.75, 3.05) is 13.7 Å². The van der Waals surface area contributed by atoms with Crippen molar-refractivity contribution in [2.45, 2.75) is 25.9 Å². The minimum Gasteiger partial charge on any atom is -0.462 e. The van der Waals surface area contributed by atoms with Gasteiger partial charge in [-0.1, -0.05) is 0 Å². The summed E-state index contributed by atoms with van der Waals surface area (Å²) in [5.41, 5.74) is 0. The molecular weight excluding hydrogens is 144 g/mol. The number of carbonyl (C=O) groups excluding carboxylic acids is 1. The van der Waals surface area contributed by atoms with Crippen molar-refractivity contribution in [1.82, 2.24) is 0 Å². The highest BCUT2D eigenvalue weighted by Crippen LogP contribution is 2.23. The molecule has 0 aromatic rings. The smallest absolute Gasteiger partial charge is 0.309 e. The Hall–Kier alpha value is -0.570. The third-order valence-corrected chi connectivity index (χ3v) is 1.94. The number of hydrogen-bond acceptors (Lipinski definition) is 3. The molecule has 3 nitrogen and oxygen atoms in total. The molecule has 0 aliphatic carbocycles. The Labute approximate surface area is 66.7 Å². The lowest BCUT2D eigenvalue weighted by Crippen LogP contribution is -2.09. The topological polar surface area (TPSA) is 35.5 Å². The van der Waals surface area contributed by atoms with Crippen LogP contribution < -0.4 is 0 Å². The molecule has 0 bridgehead atoms. The van der Waals surface area contributed by atoms with Crippen LogP contribution in [0.1, 0.15) is 19.8 Å². The number of cyclic esters (lactones) is 1. The van der Waals surface area contributed by atoms with Gasteiger partial charge in [-0.15, -0.1) is 0 Å². The normalized spacial score (nSPS) is 30.5. The van der Waals surface area contributed by atoms with Gasteiger partial charge in [0.15, 0.2) is 0 Å². The number of carbonyl (C=O) groups is 1. The number of esters is 1. The van der Waals surface area contributed by atoms with Crippen molar-refractivity contribution in [3.63, 3.8) is 0 Å². The van der Waals surface area contributed by atoms with E-state index in [0.29, 0.717) is 6.61 Å². The maximum absolute atomic E-state index is 11.0. The fraction of sp³-hybridized carbons (Fsp3) is 0.875. The average Bonchev–Trinajstić information content (AvgIpc) is 2.26. The molecule has 3 heteroatoms. The van der Waals surface area contributed by atoms with Crippen LogP contribution >= 0.6 is 0 Å². The zero-order valence-corrected chi connectivity index (χ0v) is 7.00. The Morgan fingerprint density at radius 1 is 1.73 bits per heavy atom. The summed E-state index contributed by atoms with van der Waals surface area (Å²) in [4.78, 5) is 11.0. The summed E-state index contributed by atoms with van der Waals surface area (Å²) in [6.45, 7) is 2.57. The van der Waals surface area contributed by atoms with Crippen molar-refractivity contribution in [1.29, 1.82) is 0 Å². The van der Waals surface area contributed by atoms with E-state index in [4.69, 9.17) is 9.47 Å². The highest BCUT2D eigenvalue weighted by atomic mass is 16.5. The van der Waals surface area contributed by atoms with Gasteiger partial charge in [0.1, 0.15) is 0 Å². The highest BCUT2D eigenvalue weighted by molar-refractivity contribution is 5.74. The van der Waals surface area contributed by atoms with E-state index in [1.165, 1.54) is 0 Å². The van der Waals surface area contributed by atoms with Crippen molar-refractivity contribution in [2.24, 2.45) is 5.92 Å². The first-order valence-electron chi connectivity index (χ1n) is 3.93. The molecule has 64 valence electrons. The molecule has 0 saturated carbocycles. The maximum Gasteiger partial charge on any atom is 0.309 e. The van der Waals surface area contributed by atoms with Crippen LogP contribution in [0.2, 0.25) is 0 Å². The summed E-state index contributed by atoms with van der Waals surface area (Å²) in [6.07, 6.45) is 1.74. The van der Waals surface area contributed by atoms with E-state index in [9.17, 15) is 4.79 Å². The zero-order valence-electron chi connectivity index (χ0n) is 7.00. The first kappa shape index (κ1) is 8.53. The molecule has 1 fully saturated rings. The van der Waals surface area contributed by atoms with Crippen molar-refractivity contribution >= 4 is 5.97 Å². The highest BCUT2D eigenvalue weighted by Gasteiger charge is 2.30. The third-order valence-electron chi connectivity index (χ3n) is 1.94. The summed E-state index contributed by atoms with van der Waals surface area (Å²) in [5.74, 6) is 0.0134. The van der Waals surface area contributed by atoms with Gasteiger partial charge in [0, 0.05) is 13.7 Å². The number of hydrogen-bond donors (Lipinski definition) is 0. The van der Waals surface area contributed by atoms with Crippen LogP contribution in [0.3, 0.4) is 0 Å².